The monoisotopic (exact) mass is 326 g/mol. The van der Waals surface area contributed by atoms with Crippen molar-refractivity contribution < 1.29 is 14.7 Å². The van der Waals surface area contributed by atoms with Crippen LogP contribution in [0.1, 0.15) is 30.4 Å². The zero-order valence-corrected chi connectivity index (χ0v) is 13.8. The zero-order valence-electron chi connectivity index (χ0n) is 13.8. The third-order valence-corrected chi connectivity index (χ3v) is 4.61. The lowest BCUT2D eigenvalue weighted by Gasteiger charge is -2.20. The number of nitrogens with zero attached hydrogens (tertiary/aromatic N) is 1. The van der Waals surface area contributed by atoms with Gasteiger partial charge in [-0.1, -0.05) is 29.8 Å². The van der Waals surface area contributed by atoms with Crippen LogP contribution in [-0.4, -0.2) is 22.3 Å². The summed E-state index contributed by atoms with van der Waals surface area (Å²) in [5, 5.41) is 10.3. The number of benzene rings is 2. The normalized spacial score (nSPS) is 20.3. The van der Waals surface area contributed by atoms with Crippen molar-refractivity contribution in [1.29, 1.82) is 0 Å². The van der Waals surface area contributed by atoms with Crippen LogP contribution in [0.2, 0.25) is 0 Å². The molecule has 0 bridgehead atoms. The van der Waals surface area contributed by atoms with E-state index in [1.165, 1.54) is 5.56 Å². The second-order valence-corrected chi connectivity index (χ2v) is 6.42. The van der Waals surface area contributed by atoms with Crippen molar-refractivity contribution in [3.05, 3.63) is 59.7 Å². The van der Waals surface area contributed by atoms with Gasteiger partial charge in [0.1, 0.15) is 11.5 Å². The van der Waals surface area contributed by atoms with E-state index in [1.54, 1.807) is 0 Å². The lowest BCUT2D eigenvalue weighted by Crippen LogP contribution is -2.40. The highest BCUT2D eigenvalue weighted by atomic mass is 16.5. The summed E-state index contributed by atoms with van der Waals surface area (Å²) < 4.78 is 5.90. The first-order chi connectivity index (χ1) is 11.5. The van der Waals surface area contributed by atoms with Gasteiger partial charge in [0.05, 0.1) is 6.04 Å². The second-order valence-electron chi connectivity index (χ2n) is 6.42. The summed E-state index contributed by atoms with van der Waals surface area (Å²) in [6.45, 7) is 3.84. The highest BCUT2D eigenvalue weighted by molar-refractivity contribution is 5.71. The van der Waals surface area contributed by atoms with Crippen LogP contribution in [0.3, 0.4) is 0 Å². The minimum Gasteiger partial charge on any atom is -0.457 e. The molecule has 24 heavy (non-hydrogen) atoms. The fourth-order valence-corrected chi connectivity index (χ4v) is 3.06. The van der Waals surface area contributed by atoms with Gasteiger partial charge in [-0.2, -0.15) is 0 Å². The van der Waals surface area contributed by atoms with Gasteiger partial charge in [0.15, 0.2) is 0 Å². The molecule has 126 valence electrons. The van der Waals surface area contributed by atoms with Crippen molar-refractivity contribution in [3.63, 3.8) is 0 Å². The number of rotatable bonds is 5. The van der Waals surface area contributed by atoms with E-state index < -0.39 is 6.03 Å². The van der Waals surface area contributed by atoms with Gasteiger partial charge in [0, 0.05) is 0 Å². The summed E-state index contributed by atoms with van der Waals surface area (Å²) in [6.07, 6.45) is 0.916. The maximum atomic E-state index is 11.1. The Bertz CT molecular complexity index is 730. The van der Waals surface area contributed by atoms with Gasteiger partial charge in [-0.3, -0.25) is 5.21 Å². The minimum atomic E-state index is -0.815. The fraction of sp³-hybridized carbons (Fsp3) is 0.316. The molecule has 0 saturated heterocycles. The van der Waals surface area contributed by atoms with Gasteiger partial charge in [-0.25, -0.2) is 9.86 Å². The van der Waals surface area contributed by atoms with E-state index in [0.29, 0.717) is 11.0 Å². The van der Waals surface area contributed by atoms with E-state index in [2.05, 4.69) is 0 Å². The summed E-state index contributed by atoms with van der Waals surface area (Å²) >= 11 is 0. The first-order valence-corrected chi connectivity index (χ1v) is 8.07. The predicted molar refractivity (Wildman–Crippen MR) is 91.2 cm³/mol. The average Bonchev–Trinajstić information content (AvgIpc) is 3.36. The molecule has 2 amide bonds. The topological polar surface area (TPSA) is 75.8 Å². The van der Waals surface area contributed by atoms with Gasteiger partial charge in [0.25, 0.3) is 0 Å². The number of primary amides is 1. The predicted octanol–water partition coefficient (Wildman–Crippen LogP) is 4.05. The number of hydroxylamine groups is 2. The maximum Gasteiger partial charge on any atom is 0.338 e. The van der Waals surface area contributed by atoms with Crippen molar-refractivity contribution in [2.45, 2.75) is 32.2 Å². The number of ether oxygens (including phenoxy) is 1. The molecule has 3 N–H and O–H groups in total. The number of nitrogens with two attached hydrogens (primary N) is 1. The molecular formula is C19H22N2O3. The third kappa shape index (κ3) is 3.51. The Morgan fingerprint density at radius 1 is 1.25 bits per heavy atom. The van der Waals surface area contributed by atoms with Crippen LogP contribution < -0.4 is 10.5 Å². The number of urea groups is 1. The summed E-state index contributed by atoms with van der Waals surface area (Å²) in [4.78, 5) is 11.1. The molecule has 5 heteroatoms. The smallest absolute Gasteiger partial charge is 0.338 e. The fourth-order valence-electron chi connectivity index (χ4n) is 3.06. The van der Waals surface area contributed by atoms with Crippen LogP contribution in [0.15, 0.2) is 48.5 Å². The minimum absolute atomic E-state index is 0.206. The van der Waals surface area contributed by atoms with Crippen molar-refractivity contribution >= 4 is 6.03 Å². The molecule has 0 spiro atoms. The van der Waals surface area contributed by atoms with Crippen molar-refractivity contribution in [2.24, 2.45) is 11.7 Å². The molecule has 2 aromatic carbocycles. The van der Waals surface area contributed by atoms with E-state index in [9.17, 15) is 10.0 Å². The van der Waals surface area contributed by atoms with Crippen LogP contribution >= 0.6 is 0 Å². The van der Waals surface area contributed by atoms with Crippen LogP contribution in [0, 0.1) is 12.8 Å². The molecule has 1 unspecified atom stereocenters. The molecule has 1 aliphatic rings. The van der Waals surface area contributed by atoms with Crippen LogP contribution in [0.4, 0.5) is 4.79 Å². The van der Waals surface area contributed by atoms with Gasteiger partial charge in [-0.15, -0.1) is 0 Å². The Morgan fingerprint density at radius 2 is 1.96 bits per heavy atom. The molecule has 0 aliphatic heterocycles. The summed E-state index contributed by atoms with van der Waals surface area (Å²) in [5.74, 6) is 2.09. The molecule has 1 aliphatic carbocycles. The molecule has 5 nitrogen and oxygen atoms in total. The Hall–Kier alpha value is -2.53. The molecule has 0 radical (unpaired) electrons. The zero-order chi connectivity index (χ0) is 17.3. The number of amides is 2. The molecular weight excluding hydrogens is 304 g/mol. The highest BCUT2D eigenvalue weighted by Gasteiger charge is 2.45. The number of hydrogen-bond donors (Lipinski definition) is 2. The van der Waals surface area contributed by atoms with Crippen LogP contribution in [0.25, 0.3) is 0 Å². The second kappa shape index (κ2) is 6.53. The summed E-state index contributed by atoms with van der Waals surface area (Å²) in [5.41, 5.74) is 7.46. The number of hydrogen-bond acceptors (Lipinski definition) is 3. The first kappa shape index (κ1) is 16.3. The first-order valence-electron chi connectivity index (χ1n) is 8.07. The van der Waals surface area contributed by atoms with E-state index in [-0.39, 0.29) is 12.0 Å². The van der Waals surface area contributed by atoms with Crippen LogP contribution in [0.5, 0.6) is 11.5 Å². The average molecular weight is 326 g/mol. The molecule has 0 heterocycles. The van der Waals surface area contributed by atoms with E-state index in [1.807, 2.05) is 62.4 Å². The molecule has 0 aromatic heterocycles. The number of carbonyl (C=O) groups excluding carboxylic acids is 1. The molecule has 1 saturated carbocycles. The Kier molecular flexibility index (Phi) is 4.44. The van der Waals surface area contributed by atoms with Gasteiger partial charge < -0.3 is 10.5 Å². The van der Waals surface area contributed by atoms with E-state index >= 15 is 0 Å². The molecule has 1 fully saturated rings. The van der Waals surface area contributed by atoms with Crippen molar-refractivity contribution in [3.8, 4) is 11.5 Å². The molecule has 2 aromatic rings. The number of carbonyl (C=O) groups is 1. The SMILES string of the molecule is Cc1ccc(Oc2cccc([C@@H]3C[C@H]3C(C)N(O)C(N)=O)c2)cc1. The van der Waals surface area contributed by atoms with E-state index in [4.69, 9.17) is 10.5 Å². The maximum absolute atomic E-state index is 11.1. The quantitative estimate of drug-likeness (QED) is 0.643. The lowest BCUT2D eigenvalue weighted by molar-refractivity contribution is -0.0760. The van der Waals surface area contributed by atoms with Crippen LogP contribution in [-0.2, 0) is 0 Å². The highest BCUT2D eigenvalue weighted by Crippen LogP contribution is 2.51. The Labute approximate surface area is 141 Å². The number of aryl methyl sites for hydroxylation is 1. The molecule has 3 atom stereocenters. The largest absolute Gasteiger partial charge is 0.457 e. The van der Waals surface area contributed by atoms with Gasteiger partial charge in [-0.05, 0) is 61.9 Å². The van der Waals surface area contributed by atoms with E-state index in [0.717, 1.165) is 23.5 Å². The van der Waals surface area contributed by atoms with Crippen molar-refractivity contribution in [2.75, 3.05) is 0 Å². The molecule has 3 rings (SSSR count). The Morgan fingerprint density at radius 3 is 2.62 bits per heavy atom. The Balaban J connectivity index is 1.68. The summed E-state index contributed by atoms with van der Waals surface area (Å²) in [6, 6.07) is 14.7. The lowest BCUT2D eigenvalue weighted by atomic mass is 10.1. The van der Waals surface area contributed by atoms with Gasteiger partial charge >= 0.3 is 6.03 Å². The standard InChI is InChI=1S/C19H22N2O3/c1-12-6-8-15(9-7-12)24-16-5-3-4-14(10-16)18-11-17(18)13(2)21(23)19(20)22/h3-10,13,17-18,23H,11H2,1-2H3,(H2,20,22)/t13?,17-,18-/m0/s1. The summed E-state index contributed by atoms with van der Waals surface area (Å²) in [7, 11) is 0. The third-order valence-electron chi connectivity index (χ3n) is 4.61. The van der Waals surface area contributed by atoms with Gasteiger partial charge in [0.2, 0.25) is 0 Å². The van der Waals surface area contributed by atoms with Crippen molar-refractivity contribution in [1.82, 2.24) is 5.06 Å².